The molecule has 4 aromatic heterocycles. The number of H-pyrrole nitrogens is 1. The Morgan fingerprint density at radius 1 is 1.13 bits per heavy atom. The van der Waals surface area contributed by atoms with Gasteiger partial charge in [0.2, 0.25) is 5.82 Å². The fourth-order valence-electron chi connectivity index (χ4n) is 6.65. The van der Waals surface area contributed by atoms with E-state index in [0.29, 0.717) is 35.4 Å². The van der Waals surface area contributed by atoms with Gasteiger partial charge in [-0.3, -0.25) is 19.7 Å². The number of aromatic nitrogens is 7. The molecule has 1 saturated carbocycles. The van der Waals surface area contributed by atoms with Crippen molar-refractivity contribution < 1.29 is 14.7 Å². The van der Waals surface area contributed by atoms with Gasteiger partial charge in [0.25, 0.3) is 5.91 Å². The predicted molar refractivity (Wildman–Crippen MR) is 140 cm³/mol. The summed E-state index contributed by atoms with van der Waals surface area (Å²) in [5, 5.41) is 21.6. The van der Waals surface area contributed by atoms with E-state index in [2.05, 4.69) is 25.3 Å². The number of nitrogen functional groups attached to an aromatic ring is 1. The van der Waals surface area contributed by atoms with Crippen LogP contribution in [0.1, 0.15) is 90.2 Å². The summed E-state index contributed by atoms with van der Waals surface area (Å²) >= 11 is 0. The van der Waals surface area contributed by atoms with Gasteiger partial charge in [0.1, 0.15) is 17.7 Å². The van der Waals surface area contributed by atoms with Gasteiger partial charge in [0.15, 0.2) is 11.4 Å². The third kappa shape index (κ3) is 3.65. The van der Waals surface area contributed by atoms with Crippen LogP contribution in [0.15, 0.2) is 30.9 Å². The van der Waals surface area contributed by atoms with Crippen molar-refractivity contribution in [1.82, 2.24) is 39.7 Å². The van der Waals surface area contributed by atoms with Gasteiger partial charge in [0, 0.05) is 35.3 Å². The maximum absolute atomic E-state index is 13.1. The van der Waals surface area contributed by atoms with Crippen molar-refractivity contribution in [3.8, 4) is 11.1 Å². The minimum absolute atomic E-state index is 0.0174. The van der Waals surface area contributed by atoms with Gasteiger partial charge in [0.05, 0.1) is 23.1 Å². The summed E-state index contributed by atoms with van der Waals surface area (Å²) in [6.07, 6.45) is 10.3. The van der Waals surface area contributed by atoms with E-state index in [9.17, 15) is 14.7 Å². The van der Waals surface area contributed by atoms with E-state index >= 15 is 0 Å². The molecule has 2 unspecified atom stereocenters. The number of ketones is 1. The summed E-state index contributed by atoms with van der Waals surface area (Å²) in [5.74, 6) is 0.153. The maximum Gasteiger partial charge on any atom is 0.291 e. The maximum atomic E-state index is 13.1. The summed E-state index contributed by atoms with van der Waals surface area (Å²) in [7, 11) is 0. The number of Topliss-reactive ketones (excluding diaryl/α,β-unsaturated/α-hetero) is 1. The van der Waals surface area contributed by atoms with Crippen molar-refractivity contribution >= 4 is 23.2 Å². The zero-order valence-electron chi connectivity index (χ0n) is 21.5. The first-order valence-corrected chi connectivity index (χ1v) is 13.4. The lowest BCUT2D eigenvalue weighted by Gasteiger charge is -2.38. The van der Waals surface area contributed by atoms with Crippen molar-refractivity contribution in [3.63, 3.8) is 0 Å². The van der Waals surface area contributed by atoms with Gasteiger partial charge >= 0.3 is 0 Å². The summed E-state index contributed by atoms with van der Waals surface area (Å²) in [4.78, 5) is 41.5. The molecule has 3 aliphatic rings. The molecule has 12 nitrogen and oxygen atoms in total. The van der Waals surface area contributed by atoms with Gasteiger partial charge < -0.3 is 15.7 Å². The summed E-state index contributed by atoms with van der Waals surface area (Å²) < 4.78 is 1.51. The number of hydrogen-bond donors (Lipinski definition) is 3. The zero-order chi connectivity index (χ0) is 26.9. The van der Waals surface area contributed by atoms with E-state index in [-0.39, 0.29) is 41.3 Å². The van der Waals surface area contributed by atoms with Crippen LogP contribution >= 0.6 is 0 Å². The molecule has 0 radical (unpaired) electrons. The number of piperidine rings is 1. The van der Waals surface area contributed by atoms with Gasteiger partial charge in [-0.25, -0.2) is 9.97 Å². The van der Waals surface area contributed by atoms with Crippen LogP contribution in [0.4, 0.5) is 5.82 Å². The van der Waals surface area contributed by atoms with E-state index in [1.165, 1.54) is 17.8 Å². The highest BCUT2D eigenvalue weighted by atomic mass is 16.3. The Labute approximate surface area is 223 Å². The normalized spacial score (nSPS) is 23.6. The molecule has 2 saturated heterocycles. The van der Waals surface area contributed by atoms with Gasteiger partial charge in [-0.05, 0) is 57.9 Å². The van der Waals surface area contributed by atoms with Gasteiger partial charge in [-0.2, -0.15) is 14.7 Å². The molecule has 7 rings (SSSR count). The van der Waals surface area contributed by atoms with E-state index in [1.807, 2.05) is 17.0 Å². The summed E-state index contributed by atoms with van der Waals surface area (Å²) in [6, 6.07) is 3.80. The molecule has 39 heavy (non-hydrogen) atoms. The molecule has 4 N–H and O–H groups in total. The average Bonchev–Trinajstić information content (AvgIpc) is 3.65. The Morgan fingerprint density at radius 3 is 2.49 bits per heavy atom. The molecule has 1 amide bonds. The van der Waals surface area contributed by atoms with Crippen LogP contribution in [0, 0.1) is 0 Å². The van der Waals surface area contributed by atoms with Crippen molar-refractivity contribution in [3.05, 3.63) is 53.6 Å². The standard InChI is InChI=1S/C27H29N9O3/c1-14(37)21-22(16-9-17-4-5-18(10-16)35(17)26(38)24-30-13-31-34-24)33-25-19(12-32-36(25)23(21)28)15-3-6-20(29-11-15)27(39)7-2-8-27/h3,6,11-13,16-18,39H,2,4-5,7-10,28H2,1H3,(H,30,31,34)/t16?,17-,18?/m0/s1. The number of carbonyl (C=O) groups is 2. The van der Waals surface area contributed by atoms with E-state index in [1.54, 1.807) is 12.4 Å². The fourth-order valence-corrected chi connectivity index (χ4v) is 6.65. The highest BCUT2D eigenvalue weighted by molar-refractivity contribution is 6.00. The predicted octanol–water partition coefficient (Wildman–Crippen LogP) is 2.62. The Morgan fingerprint density at radius 2 is 1.90 bits per heavy atom. The first kappa shape index (κ1) is 23.9. The molecular weight excluding hydrogens is 498 g/mol. The van der Waals surface area contributed by atoms with Crippen LogP contribution in [-0.2, 0) is 5.60 Å². The number of rotatable bonds is 5. The zero-order valence-corrected chi connectivity index (χ0v) is 21.5. The number of hydrogen-bond acceptors (Lipinski definition) is 9. The van der Waals surface area contributed by atoms with Crippen molar-refractivity contribution in [2.75, 3.05) is 5.73 Å². The largest absolute Gasteiger partial charge is 0.384 e. The van der Waals surface area contributed by atoms with Crippen molar-refractivity contribution in [2.24, 2.45) is 0 Å². The summed E-state index contributed by atoms with van der Waals surface area (Å²) in [5.41, 5.74) is 9.54. The lowest BCUT2D eigenvalue weighted by Crippen LogP contribution is -2.46. The van der Waals surface area contributed by atoms with Crippen LogP contribution in [0.5, 0.6) is 0 Å². The number of fused-ring (bicyclic) bond motifs is 3. The number of carbonyl (C=O) groups excluding carboxylic acids is 2. The Hall–Kier alpha value is -4.19. The highest BCUT2D eigenvalue weighted by Crippen LogP contribution is 2.45. The molecule has 1 aliphatic carbocycles. The Kier molecular flexibility index (Phi) is 5.31. The van der Waals surface area contributed by atoms with Gasteiger partial charge in [-0.1, -0.05) is 6.07 Å². The number of aromatic amines is 1. The fraction of sp³-hybridized carbons (Fsp3) is 0.444. The first-order chi connectivity index (χ1) is 18.8. The third-order valence-corrected chi connectivity index (χ3v) is 8.77. The number of nitrogens with two attached hydrogens (primary N) is 1. The average molecular weight is 528 g/mol. The van der Waals surface area contributed by atoms with Crippen LogP contribution < -0.4 is 5.73 Å². The molecule has 12 heteroatoms. The Balaban J connectivity index is 1.26. The number of amides is 1. The van der Waals surface area contributed by atoms with E-state index in [4.69, 9.17) is 10.7 Å². The van der Waals surface area contributed by atoms with Crippen LogP contribution in [0.3, 0.4) is 0 Å². The summed E-state index contributed by atoms with van der Waals surface area (Å²) in [6.45, 7) is 1.50. The van der Waals surface area contributed by atoms with Crippen molar-refractivity contribution in [2.45, 2.75) is 75.5 Å². The second-order valence-electron chi connectivity index (χ2n) is 11.0. The molecular formula is C27H29N9O3. The number of nitrogens with zero attached hydrogens (tertiary/aromatic N) is 7. The first-order valence-electron chi connectivity index (χ1n) is 13.4. The second kappa shape index (κ2) is 8.67. The molecule has 4 aromatic rings. The molecule has 3 atom stereocenters. The Bertz CT molecular complexity index is 1580. The lowest BCUT2D eigenvalue weighted by molar-refractivity contribution is -0.0426. The smallest absolute Gasteiger partial charge is 0.291 e. The number of nitrogens with one attached hydrogen (secondary N) is 1. The van der Waals surface area contributed by atoms with E-state index < -0.39 is 5.60 Å². The van der Waals surface area contributed by atoms with Gasteiger partial charge in [-0.15, -0.1) is 0 Å². The second-order valence-corrected chi connectivity index (χ2v) is 11.0. The molecule has 2 bridgehead atoms. The molecule has 0 aromatic carbocycles. The molecule has 3 fully saturated rings. The monoisotopic (exact) mass is 527 g/mol. The van der Waals surface area contributed by atoms with Crippen LogP contribution in [0.25, 0.3) is 16.8 Å². The quantitative estimate of drug-likeness (QED) is 0.330. The van der Waals surface area contributed by atoms with Crippen LogP contribution in [-0.4, -0.2) is 68.5 Å². The van der Waals surface area contributed by atoms with Crippen molar-refractivity contribution in [1.29, 1.82) is 0 Å². The lowest BCUT2D eigenvalue weighted by atomic mass is 9.77. The number of aliphatic hydroxyl groups is 1. The number of pyridine rings is 1. The molecule has 200 valence electrons. The van der Waals surface area contributed by atoms with Crippen LogP contribution in [0.2, 0.25) is 0 Å². The minimum Gasteiger partial charge on any atom is -0.384 e. The third-order valence-electron chi connectivity index (χ3n) is 8.77. The molecule has 0 spiro atoms. The molecule has 6 heterocycles. The number of anilines is 1. The minimum atomic E-state index is -0.838. The molecule has 2 aliphatic heterocycles. The SMILES string of the molecule is CC(=O)c1c(C2CC3CC[C@@H](C2)N3C(=O)c2ncn[nH]2)nc2c(-c3ccc(C4(O)CCC4)nc3)cnn2c1N. The highest BCUT2D eigenvalue weighted by Gasteiger charge is 2.46. The van der Waals surface area contributed by atoms with E-state index in [0.717, 1.165) is 43.2 Å². The topological polar surface area (TPSA) is 168 Å².